The summed E-state index contributed by atoms with van der Waals surface area (Å²) < 4.78 is 5.42. The molecule has 0 amide bonds. The molecule has 3 N–H and O–H groups in total. The Hall–Kier alpha value is -3.48. The molecule has 0 radical (unpaired) electrons. The van der Waals surface area contributed by atoms with Crippen LogP contribution in [-0.2, 0) is 17.7 Å². The number of aromatic hydroxyl groups is 1. The number of rotatable bonds is 7. The summed E-state index contributed by atoms with van der Waals surface area (Å²) in [6.45, 7) is 6.43. The fourth-order valence-electron chi connectivity index (χ4n) is 4.80. The Morgan fingerprint density at radius 3 is 2.30 bits per heavy atom. The minimum absolute atomic E-state index is 0.00807. The van der Waals surface area contributed by atoms with E-state index < -0.39 is 5.56 Å². The Kier molecular flexibility index (Phi) is 7.97. The van der Waals surface area contributed by atoms with Crippen LogP contribution in [0, 0.1) is 11.8 Å². The maximum absolute atomic E-state index is 11.8. The molecule has 8 heteroatoms. The van der Waals surface area contributed by atoms with E-state index in [2.05, 4.69) is 55.9 Å². The summed E-state index contributed by atoms with van der Waals surface area (Å²) in [7, 11) is 0. The van der Waals surface area contributed by atoms with Crippen LogP contribution in [0.25, 0.3) is 0 Å². The number of aromatic nitrogens is 2. The van der Waals surface area contributed by atoms with Crippen molar-refractivity contribution in [2.75, 3.05) is 45.9 Å². The molecule has 5 rings (SSSR count). The van der Waals surface area contributed by atoms with Gasteiger partial charge in [0.1, 0.15) is 0 Å². The summed E-state index contributed by atoms with van der Waals surface area (Å²) in [6.07, 6.45) is 1.44. The third kappa shape index (κ3) is 6.64. The van der Waals surface area contributed by atoms with E-state index >= 15 is 0 Å². The van der Waals surface area contributed by atoms with Gasteiger partial charge >= 0.3 is 0 Å². The van der Waals surface area contributed by atoms with Crippen LogP contribution in [0.4, 0.5) is 0 Å². The number of nitrogens with one attached hydrogen (secondary N) is 1. The van der Waals surface area contributed by atoms with Crippen molar-refractivity contribution in [2.45, 2.75) is 25.0 Å². The molecule has 0 aliphatic carbocycles. The first-order chi connectivity index (χ1) is 18.0. The van der Waals surface area contributed by atoms with Gasteiger partial charge in [-0.05, 0) is 35.4 Å². The number of likely N-dealkylation sites (tertiary alicyclic amines) is 1. The second kappa shape index (κ2) is 11.7. The lowest BCUT2D eigenvalue weighted by Gasteiger charge is -2.38. The Morgan fingerprint density at radius 2 is 1.65 bits per heavy atom. The number of benzene rings is 2. The molecular formula is C29H32N4O4. The zero-order valence-corrected chi connectivity index (χ0v) is 20.8. The minimum atomic E-state index is -0.539. The fraction of sp³-hybridized carbons (Fsp3) is 0.379. The number of aromatic amines is 1. The molecule has 2 aliphatic rings. The van der Waals surface area contributed by atoms with Crippen LogP contribution in [0.5, 0.6) is 5.75 Å². The molecule has 0 unspecified atom stereocenters. The van der Waals surface area contributed by atoms with Crippen molar-refractivity contribution in [1.29, 1.82) is 0 Å². The first-order valence-electron chi connectivity index (χ1n) is 12.7. The number of H-pyrrole nitrogens is 1. The van der Waals surface area contributed by atoms with Crippen molar-refractivity contribution in [2.24, 2.45) is 0 Å². The molecule has 37 heavy (non-hydrogen) atoms. The molecule has 0 saturated carbocycles. The summed E-state index contributed by atoms with van der Waals surface area (Å²) in [5.74, 6) is 6.16. The van der Waals surface area contributed by atoms with E-state index in [9.17, 15) is 15.0 Å². The summed E-state index contributed by atoms with van der Waals surface area (Å²) in [4.78, 5) is 23.0. The van der Waals surface area contributed by atoms with Gasteiger partial charge in [-0.2, -0.15) is 0 Å². The van der Waals surface area contributed by atoms with E-state index in [4.69, 9.17) is 4.74 Å². The highest BCUT2D eigenvalue weighted by atomic mass is 16.5. The fourth-order valence-corrected chi connectivity index (χ4v) is 4.80. The lowest BCUT2D eigenvalue weighted by atomic mass is 9.91. The topological polar surface area (TPSA) is 102 Å². The number of hydrogen-bond acceptors (Lipinski definition) is 7. The predicted octanol–water partition coefficient (Wildman–Crippen LogP) is 1.71. The molecule has 3 aromatic rings. The number of nitrogens with zero attached hydrogens (tertiary/aromatic N) is 3. The number of ether oxygens (including phenoxy) is 1. The number of hydrogen-bond donors (Lipinski definition) is 3. The lowest BCUT2D eigenvalue weighted by molar-refractivity contribution is -0.00129. The SMILES string of the molecule is O=c1[nH]cnc(C[C@@H](CN2CC(O)C2)c2ccc(C#Cc3ccc(CN4CCOCC4)cc3)cc2)c1O. The summed E-state index contributed by atoms with van der Waals surface area (Å²) in [5, 5.41) is 19.9. The first-order valence-corrected chi connectivity index (χ1v) is 12.7. The first kappa shape index (κ1) is 25.2. The summed E-state index contributed by atoms with van der Waals surface area (Å²) in [5.41, 5.74) is 4.06. The smallest absolute Gasteiger partial charge is 0.293 e. The third-order valence-electron chi connectivity index (χ3n) is 6.96. The standard InChI is InChI=1S/C29H32N4O4/c34-26-18-33(19-26)17-25(15-27-28(35)29(36)31-20-30-27)24-9-7-22(8-10-24)2-1-21-3-5-23(6-4-21)16-32-11-13-37-14-12-32/h3-10,20,25-26,34-35H,11-19H2,(H,30,31,36)/t25-/m0/s1. The van der Waals surface area contributed by atoms with Crippen molar-refractivity contribution in [3.8, 4) is 17.6 Å². The molecule has 8 nitrogen and oxygen atoms in total. The minimum Gasteiger partial charge on any atom is -0.502 e. The van der Waals surface area contributed by atoms with Crippen molar-refractivity contribution in [1.82, 2.24) is 19.8 Å². The van der Waals surface area contributed by atoms with E-state index in [1.807, 2.05) is 24.3 Å². The highest BCUT2D eigenvalue weighted by Crippen LogP contribution is 2.26. The number of β-amino-alcohol motifs (C(OH)–C–C–N with tert-alkyl or cyclic N) is 1. The Morgan fingerprint density at radius 1 is 1.00 bits per heavy atom. The summed E-state index contributed by atoms with van der Waals surface area (Å²) >= 11 is 0. The van der Waals surface area contributed by atoms with Crippen LogP contribution in [0.15, 0.2) is 59.7 Å². The Balaban J connectivity index is 1.26. The van der Waals surface area contributed by atoms with Gasteiger partial charge in [-0.3, -0.25) is 14.6 Å². The molecule has 3 heterocycles. The van der Waals surface area contributed by atoms with Crippen LogP contribution in [0.3, 0.4) is 0 Å². The quantitative estimate of drug-likeness (QED) is 0.425. The van der Waals surface area contributed by atoms with Gasteiger partial charge in [0.05, 0.1) is 31.3 Å². The monoisotopic (exact) mass is 500 g/mol. The zero-order chi connectivity index (χ0) is 25.6. The Labute approximate surface area is 216 Å². The Bertz CT molecular complexity index is 1300. The second-order valence-corrected chi connectivity index (χ2v) is 9.76. The molecular weight excluding hydrogens is 468 g/mol. The predicted molar refractivity (Wildman–Crippen MR) is 140 cm³/mol. The van der Waals surface area contributed by atoms with Gasteiger partial charge in [-0.1, -0.05) is 36.1 Å². The van der Waals surface area contributed by atoms with E-state index in [-0.39, 0.29) is 17.8 Å². The third-order valence-corrected chi connectivity index (χ3v) is 6.96. The van der Waals surface area contributed by atoms with Gasteiger partial charge in [-0.15, -0.1) is 0 Å². The van der Waals surface area contributed by atoms with E-state index in [0.29, 0.717) is 31.7 Å². The van der Waals surface area contributed by atoms with Gasteiger partial charge < -0.3 is 19.9 Å². The number of morpholine rings is 1. The van der Waals surface area contributed by atoms with Gasteiger partial charge in [0, 0.05) is 62.7 Å². The molecule has 2 aliphatic heterocycles. The normalized spacial score (nSPS) is 17.5. The van der Waals surface area contributed by atoms with Gasteiger partial charge in [0.2, 0.25) is 5.75 Å². The number of aliphatic hydroxyl groups excluding tert-OH is 1. The molecule has 1 atom stereocenters. The average Bonchev–Trinajstić information content (AvgIpc) is 2.90. The molecule has 192 valence electrons. The van der Waals surface area contributed by atoms with E-state index in [1.165, 1.54) is 11.9 Å². The molecule has 2 saturated heterocycles. The maximum atomic E-state index is 11.8. The van der Waals surface area contributed by atoms with E-state index in [1.54, 1.807) is 0 Å². The highest BCUT2D eigenvalue weighted by Gasteiger charge is 2.28. The maximum Gasteiger partial charge on any atom is 0.293 e. The van der Waals surface area contributed by atoms with Crippen molar-refractivity contribution >= 4 is 0 Å². The second-order valence-electron chi connectivity index (χ2n) is 9.76. The van der Waals surface area contributed by atoms with Crippen molar-refractivity contribution < 1.29 is 14.9 Å². The molecule has 0 spiro atoms. The average molecular weight is 501 g/mol. The largest absolute Gasteiger partial charge is 0.502 e. The van der Waals surface area contributed by atoms with Gasteiger partial charge in [0.25, 0.3) is 5.56 Å². The van der Waals surface area contributed by atoms with Gasteiger partial charge in [-0.25, -0.2) is 4.98 Å². The van der Waals surface area contributed by atoms with Crippen LogP contribution in [-0.4, -0.2) is 82.0 Å². The van der Waals surface area contributed by atoms with Crippen LogP contribution >= 0.6 is 0 Å². The number of aliphatic hydroxyl groups is 1. The van der Waals surface area contributed by atoms with Crippen molar-refractivity contribution in [3.63, 3.8) is 0 Å². The van der Waals surface area contributed by atoms with Crippen LogP contribution < -0.4 is 5.56 Å². The van der Waals surface area contributed by atoms with Gasteiger partial charge in [0.15, 0.2) is 0 Å². The lowest BCUT2D eigenvalue weighted by Crippen LogP contribution is -2.52. The zero-order valence-electron chi connectivity index (χ0n) is 20.8. The molecule has 2 aromatic carbocycles. The summed E-state index contributed by atoms with van der Waals surface area (Å²) in [6, 6.07) is 16.5. The molecule has 1 aromatic heterocycles. The van der Waals surface area contributed by atoms with Crippen LogP contribution in [0.1, 0.15) is 33.9 Å². The van der Waals surface area contributed by atoms with Crippen molar-refractivity contribution in [3.05, 3.63) is 93.2 Å². The molecule has 0 bridgehead atoms. The highest BCUT2D eigenvalue weighted by molar-refractivity contribution is 5.44. The molecule has 2 fully saturated rings. The van der Waals surface area contributed by atoms with E-state index in [0.717, 1.165) is 49.5 Å². The van der Waals surface area contributed by atoms with Crippen LogP contribution in [0.2, 0.25) is 0 Å².